The van der Waals surface area contributed by atoms with Gasteiger partial charge in [-0.3, -0.25) is 19.3 Å². The minimum atomic E-state index is -0.688. The molecule has 1 saturated heterocycles. The molecule has 2 atom stereocenters. The standard InChI is InChI=1S/C24H21ClN2O5/c1-14-6-9-16(25)12-20(14)26-21(28)13-32-24(31)15-7-10-17(11-8-15)27-22(29)18-4-2-3-5-19(18)23(27)30/h2-3,6-12,18-19H,4-5,13H2,1H3,(H,26,28)/t18-,19-/m0/s1. The summed E-state index contributed by atoms with van der Waals surface area (Å²) in [5, 5.41) is 3.13. The lowest BCUT2D eigenvalue weighted by Crippen LogP contribution is -2.30. The van der Waals surface area contributed by atoms with Crippen molar-refractivity contribution in [2.45, 2.75) is 19.8 Å². The van der Waals surface area contributed by atoms with Crippen LogP contribution in [-0.4, -0.2) is 30.3 Å². The number of rotatable bonds is 5. The number of nitrogens with zero attached hydrogens (tertiary/aromatic N) is 1. The number of amides is 3. The Morgan fingerprint density at radius 2 is 1.66 bits per heavy atom. The second kappa shape index (κ2) is 8.96. The summed E-state index contributed by atoms with van der Waals surface area (Å²) in [5.41, 5.74) is 1.99. The number of anilines is 2. The zero-order valence-electron chi connectivity index (χ0n) is 17.3. The van der Waals surface area contributed by atoms with Crippen molar-refractivity contribution in [1.29, 1.82) is 0 Å². The van der Waals surface area contributed by atoms with E-state index in [1.54, 1.807) is 18.2 Å². The quantitative estimate of drug-likeness (QED) is 0.422. The number of nitrogens with one attached hydrogen (secondary N) is 1. The van der Waals surface area contributed by atoms with Crippen LogP contribution in [-0.2, 0) is 19.1 Å². The number of halogens is 1. The van der Waals surface area contributed by atoms with E-state index in [-0.39, 0.29) is 29.2 Å². The van der Waals surface area contributed by atoms with Gasteiger partial charge in [0.25, 0.3) is 5.91 Å². The highest BCUT2D eigenvalue weighted by atomic mass is 35.5. The zero-order valence-corrected chi connectivity index (χ0v) is 18.1. The van der Waals surface area contributed by atoms with Crippen LogP contribution in [0.5, 0.6) is 0 Å². The van der Waals surface area contributed by atoms with E-state index >= 15 is 0 Å². The first kappa shape index (κ1) is 21.8. The first-order chi connectivity index (χ1) is 15.3. The molecule has 0 saturated carbocycles. The highest BCUT2D eigenvalue weighted by molar-refractivity contribution is 6.31. The molecule has 1 aliphatic heterocycles. The maximum absolute atomic E-state index is 12.7. The van der Waals surface area contributed by atoms with Crippen molar-refractivity contribution in [1.82, 2.24) is 0 Å². The van der Waals surface area contributed by atoms with Crippen molar-refractivity contribution in [3.8, 4) is 0 Å². The summed E-state index contributed by atoms with van der Waals surface area (Å²) < 4.78 is 5.08. The normalized spacial score (nSPS) is 19.6. The number of ether oxygens (including phenoxy) is 1. The average Bonchev–Trinajstić information content (AvgIpc) is 3.05. The molecule has 1 N–H and O–H groups in total. The third kappa shape index (κ3) is 4.29. The molecule has 0 bridgehead atoms. The van der Waals surface area contributed by atoms with Crippen molar-refractivity contribution in [2.75, 3.05) is 16.8 Å². The molecule has 1 fully saturated rings. The number of imide groups is 1. The Hall–Kier alpha value is -3.45. The van der Waals surface area contributed by atoms with Gasteiger partial charge in [0.1, 0.15) is 0 Å². The largest absolute Gasteiger partial charge is 0.452 e. The predicted molar refractivity (Wildman–Crippen MR) is 119 cm³/mol. The van der Waals surface area contributed by atoms with Crippen LogP contribution in [0.25, 0.3) is 0 Å². The summed E-state index contributed by atoms with van der Waals surface area (Å²) in [4.78, 5) is 51.0. The van der Waals surface area contributed by atoms with E-state index < -0.39 is 18.5 Å². The summed E-state index contributed by atoms with van der Waals surface area (Å²) >= 11 is 5.94. The minimum absolute atomic E-state index is 0.207. The van der Waals surface area contributed by atoms with E-state index in [4.69, 9.17) is 16.3 Å². The second-order valence-electron chi connectivity index (χ2n) is 7.80. The van der Waals surface area contributed by atoms with Gasteiger partial charge in [-0.25, -0.2) is 4.79 Å². The topological polar surface area (TPSA) is 92.8 Å². The molecule has 2 aliphatic rings. The van der Waals surface area contributed by atoms with Crippen molar-refractivity contribution in [3.05, 3.63) is 70.8 Å². The molecule has 8 heteroatoms. The first-order valence-corrected chi connectivity index (χ1v) is 10.6. The van der Waals surface area contributed by atoms with E-state index in [1.165, 1.54) is 29.2 Å². The third-order valence-corrected chi connectivity index (χ3v) is 5.91. The summed E-state index contributed by atoms with van der Waals surface area (Å²) in [7, 11) is 0. The van der Waals surface area contributed by atoms with Crippen LogP contribution < -0.4 is 10.2 Å². The lowest BCUT2D eigenvalue weighted by atomic mass is 9.85. The van der Waals surface area contributed by atoms with Gasteiger partial charge in [0.05, 0.1) is 23.1 Å². The number of benzene rings is 2. The van der Waals surface area contributed by atoms with Gasteiger partial charge < -0.3 is 10.1 Å². The van der Waals surface area contributed by atoms with Gasteiger partial charge in [0, 0.05) is 10.7 Å². The van der Waals surface area contributed by atoms with E-state index in [0.29, 0.717) is 29.2 Å². The van der Waals surface area contributed by atoms with Crippen LogP contribution in [0.2, 0.25) is 5.02 Å². The number of allylic oxidation sites excluding steroid dienone is 2. The Balaban J connectivity index is 1.36. The van der Waals surface area contributed by atoms with Gasteiger partial charge in [0.2, 0.25) is 11.8 Å². The molecule has 0 unspecified atom stereocenters. The van der Waals surface area contributed by atoms with Crippen molar-refractivity contribution < 1.29 is 23.9 Å². The zero-order chi connectivity index (χ0) is 22.8. The molecule has 3 amide bonds. The van der Waals surface area contributed by atoms with Crippen LogP contribution in [0.3, 0.4) is 0 Å². The number of carbonyl (C=O) groups is 4. The van der Waals surface area contributed by atoms with E-state index in [0.717, 1.165) is 5.56 Å². The molecule has 2 aromatic carbocycles. The van der Waals surface area contributed by atoms with Crippen LogP contribution in [0.4, 0.5) is 11.4 Å². The highest BCUT2D eigenvalue weighted by Gasteiger charge is 2.47. The molecule has 1 heterocycles. The summed E-state index contributed by atoms with van der Waals surface area (Å²) in [6, 6.07) is 11.1. The molecule has 0 spiro atoms. The molecule has 2 aromatic rings. The molecule has 7 nitrogen and oxygen atoms in total. The Morgan fingerprint density at radius 3 is 2.28 bits per heavy atom. The van der Waals surface area contributed by atoms with Crippen LogP contribution >= 0.6 is 11.6 Å². The Morgan fingerprint density at radius 1 is 1.03 bits per heavy atom. The highest BCUT2D eigenvalue weighted by Crippen LogP contribution is 2.37. The Bertz CT molecular complexity index is 1100. The van der Waals surface area contributed by atoms with Gasteiger partial charge in [-0.1, -0.05) is 29.8 Å². The number of hydrogen-bond donors (Lipinski definition) is 1. The fraction of sp³-hybridized carbons (Fsp3) is 0.250. The molecule has 1 aliphatic carbocycles. The van der Waals surface area contributed by atoms with Crippen molar-refractivity contribution >= 4 is 46.7 Å². The van der Waals surface area contributed by atoms with Gasteiger partial charge in [0.15, 0.2) is 6.61 Å². The number of esters is 1. The first-order valence-electron chi connectivity index (χ1n) is 10.2. The fourth-order valence-corrected chi connectivity index (χ4v) is 4.10. The second-order valence-corrected chi connectivity index (χ2v) is 8.23. The van der Waals surface area contributed by atoms with Gasteiger partial charge in [-0.2, -0.15) is 0 Å². The van der Waals surface area contributed by atoms with Crippen LogP contribution in [0, 0.1) is 18.8 Å². The molecule has 4 rings (SSSR count). The summed E-state index contributed by atoms with van der Waals surface area (Å²) in [6.45, 7) is 1.35. The molecular weight excluding hydrogens is 432 g/mol. The third-order valence-electron chi connectivity index (χ3n) is 5.68. The van der Waals surface area contributed by atoms with Crippen LogP contribution in [0.1, 0.15) is 28.8 Å². The Kier molecular flexibility index (Phi) is 6.10. The maximum Gasteiger partial charge on any atom is 0.338 e. The summed E-state index contributed by atoms with van der Waals surface area (Å²) in [6.07, 6.45) is 4.98. The molecule has 164 valence electrons. The fourth-order valence-electron chi connectivity index (χ4n) is 3.93. The number of fused-ring (bicyclic) bond motifs is 1. The molecule has 32 heavy (non-hydrogen) atoms. The van der Waals surface area contributed by atoms with Crippen LogP contribution in [0.15, 0.2) is 54.6 Å². The van der Waals surface area contributed by atoms with E-state index in [2.05, 4.69) is 5.32 Å². The number of aryl methyl sites for hydroxylation is 1. The van der Waals surface area contributed by atoms with E-state index in [1.807, 2.05) is 19.1 Å². The maximum atomic E-state index is 12.7. The van der Waals surface area contributed by atoms with E-state index in [9.17, 15) is 19.2 Å². The predicted octanol–water partition coefficient (Wildman–Crippen LogP) is 3.90. The SMILES string of the molecule is Cc1ccc(Cl)cc1NC(=O)COC(=O)c1ccc(N2C(=O)[C@H]3CC=CC[C@@H]3C2=O)cc1. The van der Waals surface area contributed by atoms with Gasteiger partial charge >= 0.3 is 5.97 Å². The summed E-state index contributed by atoms with van der Waals surface area (Å²) in [5.74, 6) is -2.26. The molecule has 0 aromatic heterocycles. The molecule has 0 radical (unpaired) electrons. The average molecular weight is 453 g/mol. The Labute approximate surface area is 190 Å². The molecular formula is C24H21ClN2O5. The van der Waals surface area contributed by atoms with Gasteiger partial charge in [-0.15, -0.1) is 0 Å². The minimum Gasteiger partial charge on any atom is -0.452 e. The lowest BCUT2D eigenvalue weighted by Gasteiger charge is -2.15. The van der Waals surface area contributed by atoms with Crippen molar-refractivity contribution in [2.24, 2.45) is 11.8 Å². The smallest absolute Gasteiger partial charge is 0.338 e. The number of carbonyl (C=O) groups excluding carboxylic acids is 4. The van der Waals surface area contributed by atoms with Gasteiger partial charge in [-0.05, 0) is 61.7 Å². The monoisotopic (exact) mass is 452 g/mol. The van der Waals surface area contributed by atoms with Crippen molar-refractivity contribution in [3.63, 3.8) is 0 Å². The lowest BCUT2D eigenvalue weighted by molar-refractivity contribution is -0.122. The number of hydrogen-bond acceptors (Lipinski definition) is 5.